The van der Waals surface area contributed by atoms with E-state index < -0.39 is 0 Å². The number of hydrogen-bond donors (Lipinski definition) is 0. The first-order chi connectivity index (χ1) is 12.3. The van der Waals surface area contributed by atoms with E-state index in [1.54, 1.807) is 5.57 Å². The van der Waals surface area contributed by atoms with Gasteiger partial charge in [0.15, 0.2) is 5.62 Å². The second-order valence-electron chi connectivity index (χ2n) is 10.5. The zero-order chi connectivity index (χ0) is 18.1. The Bertz CT molecular complexity index is 788. The predicted octanol–water partition coefficient (Wildman–Crippen LogP) is 4.33. The summed E-state index contributed by atoms with van der Waals surface area (Å²) in [5, 5.41) is 0. The quantitative estimate of drug-likeness (QED) is 0.411. The minimum absolute atomic E-state index is 0.00499. The van der Waals surface area contributed by atoms with Crippen molar-refractivity contribution in [3.8, 4) is 0 Å². The molecule has 1 saturated heterocycles. The first-order valence-electron chi connectivity index (χ1n) is 10.3. The number of ketones is 1. The molecular formula is C22H28O3S. The van der Waals surface area contributed by atoms with E-state index in [9.17, 15) is 9.59 Å². The molecule has 1 spiro atoms. The SMILES string of the molecule is C[C@]12CCC(=O)CC1=C1C[C@@H]1[C@H]1[C@@H]3CC[C@](C)(SC=O)[C@@]3(C)CC3O[C@]312. The molecule has 6 aliphatic rings. The van der Waals surface area contributed by atoms with Gasteiger partial charge in [-0.05, 0) is 56.3 Å². The van der Waals surface area contributed by atoms with Gasteiger partial charge in [-0.15, -0.1) is 0 Å². The Hall–Kier alpha value is -0.610. The summed E-state index contributed by atoms with van der Waals surface area (Å²) in [5.74, 6) is 2.34. The molecule has 8 atom stereocenters. The summed E-state index contributed by atoms with van der Waals surface area (Å²) in [6.45, 7) is 7.18. The number of carbonyl (C=O) groups is 2. The van der Waals surface area contributed by atoms with Crippen LogP contribution >= 0.6 is 11.8 Å². The van der Waals surface area contributed by atoms with E-state index in [-0.39, 0.29) is 21.2 Å². The Labute approximate surface area is 159 Å². The molecule has 0 aromatic carbocycles. The maximum absolute atomic E-state index is 12.2. The van der Waals surface area contributed by atoms with Crippen molar-refractivity contribution in [2.75, 3.05) is 0 Å². The highest BCUT2D eigenvalue weighted by Gasteiger charge is 2.83. The maximum atomic E-state index is 12.2. The second kappa shape index (κ2) is 4.51. The third-order valence-electron chi connectivity index (χ3n) is 9.92. The number of rotatable bonds is 2. The van der Waals surface area contributed by atoms with Gasteiger partial charge in [0.25, 0.3) is 0 Å². The average molecular weight is 373 g/mol. The lowest BCUT2D eigenvalue weighted by Crippen LogP contribution is -2.59. The van der Waals surface area contributed by atoms with Crippen LogP contribution in [0, 0.1) is 28.6 Å². The zero-order valence-electron chi connectivity index (χ0n) is 16.0. The Morgan fingerprint density at radius 1 is 1.23 bits per heavy atom. The molecule has 1 unspecified atom stereocenters. The lowest BCUT2D eigenvalue weighted by molar-refractivity contribution is -0.122. The van der Waals surface area contributed by atoms with Crippen molar-refractivity contribution in [2.45, 2.75) is 82.2 Å². The summed E-state index contributed by atoms with van der Waals surface area (Å²) in [6, 6.07) is 0. The van der Waals surface area contributed by atoms with Crippen LogP contribution < -0.4 is 0 Å². The highest BCUT2D eigenvalue weighted by atomic mass is 32.2. The highest BCUT2D eigenvalue weighted by molar-refractivity contribution is 8.13. The summed E-state index contributed by atoms with van der Waals surface area (Å²) >= 11 is 1.53. The molecule has 0 aromatic rings. The van der Waals surface area contributed by atoms with Crippen molar-refractivity contribution in [1.29, 1.82) is 0 Å². The topological polar surface area (TPSA) is 46.7 Å². The van der Waals surface area contributed by atoms with E-state index in [0.717, 1.165) is 31.3 Å². The van der Waals surface area contributed by atoms with Gasteiger partial charge in [0, 0.05) is 28.9 Å². The Morgan fingerprint density at radius 3 is 2.81 bits per heavy atom. The van der Waals surface area contributed by atoms with Crippen LogP contribution in [0.3, 0.4) is 0 Å². The van der Waals surface area contributed by atoms with Gasteiger partial charge >= 0.3 is 0 Å². The van der Waals surface area contributed by atoms with Crippen molar-refractivity contribution in [2.24, 2.45) is 28.6 Å². The molecule has 26 heavy (non-hydrogen) atoms. The zero-order valence-corrected chi connectivity index (χ0v) is 16.8. The van der Waals surface area contributed by atoms with Crippen LogP contribution in [0.1, 0.15) is 65.7 Å². The molecule has 4 saturated carbocycles. The molecular weight excluding hydrogens is 344 g/mol. The Balaban J connectivity index is 1.48. The molecule has 0 radical (unpaired) electrons. The molecule has 4 heteroatoms. The fourth-order valence-electron chi connectivity index (χ4n) is 8.26. The molecule has 0 amide bonds. The van der Waals surface area contributed by atoms with E-state index >= 15 is 0 Å². The molecule has 0 N–H and O–H groups in total. The summed E-state index contributed by atoms with van der Waals surface area (Å²) in [7, 11) is 0. The number of thioether (sulfide) groups is 1. The minimum Gasteiger partial charge on any atom is -0.365 e. The maximum Gasteiger partial charge on any atom is 0.176 e. The minimum atomic E-state index is -0.00499. The van der Waals surface area contributed by atoms with Gasteiger partial charge < -0.3 is 4.74 Å². The molecule has 5 fully saturated rings. The molecule has 6 rings (SSSR count). The molecule has 1 aliphatic heterocycles. The largest absolute Gasteiger partial charge is 0.365 e. The summed E-state index contributed by atoms with van der Waals surface area (Å²) in [6.07, 6.45) is 7.38. The number of fused-ring (bicyclic) bond motifs is 5. The van der Waals surface area contributed by atoms with E-state index in [1.165, 1.54) is 30.2 Å². The third kappa shape index (κ3) is 1.54. The average Bonchev–Trinajstić information content (AvgIpc) is 3.47. The Morgan fingerprint density at radius 2 is 2.04 bits per heavy atom. The molecule has 0 bridgehead atoms. The van der Waals surface area contributed by atoms with Gasteiger partial charge in [0.05, 0.1) is 6.10 Å². The normalized spacial score (nSPS) is 59.0. The molecule has 0 aromatic heterocycles. The lowest BCUT2D eigenvalue weighted by atomic mass is 9.47. The van der Waals surface area contributed by atoms with Gasteiger partial charge in [-0.3, -0.25) is 9.59 Å². The summed E-state index contributed by atoms with van der Waals surface area (Å²) in [4.78, 5) is 23.6. The highest BCUT2D eigenvalue weighted by Crippen LogP contribution is 2.81. The summed E-state index contributed by atoms with van der Waals surface area (Å²) < 4.78 is 6.75. The standard InChI is InChI=1S/C22H28O3S/c1-19-6-4-12(24)8-16(19)13-9-14(13)18-15-5-7-21(3,26-11-23)20(15,2)10-17-22(18,19)25-17/h11,14-15,17-18H,4-10H2,1-3H3/t14-,15-,17?,18-,19-,20-,21-,22+/m0/s1. The third-order valence-corrected chi connectivity index (χ3v) is 11.2. The number of carbonyl (C=O) groups excluding carboxylic acids is 2. The summed E-state index contributed by atoms with van der Waals surface area (Å²) in [5.41, 5.74) is 4.42. The van der Waals surface area contributed by atoms with E-state index in [1.807, 2.05) is 0 Å². The van der Waals surface area contributed by atoms with E-state index in [4.69, 9.17) is 4.74 Å². The van der Waals surface area contributed by atoms with Crippen LogP contribution in [-0.2, 0) is 14.3 Å². The van der Waals surface area contributed by atoms with Crippen molar-refractivity contribution in [3.05, 3.63) is 11.1 Å². The van der Waals surface area contributed by atoms with Crippen molar-refractivity contribution in [3.63, 3.8) is 0 Å². The van der Waals surface area contributed by atoms with E-state index in [2.05, 4.69) is 20.8 Å². The number of epoxide rings is 1. The molecule has 140 valence electrons. The number of hydrogen-bond acceptors (Lipinski definition) is 4. The van der Waals surface area contributed by atoms with Gasteiger partial charge in [-0.25, -0.2) is 0 Å². The molecule has 5 aliphatic carbocycles. The van der Waals surface area contributed by atoms with Gasteiger partial charge in [-0.2, -0.15) is 0 Å². The van der Waals surface area contributed by atoms with Crippen LogP contribution in [0.5, 0.6) is 0 Å². The first kappa shape index (κ1) is 16.4. The molecule has 3 nitrogen and oxygen atoms in total. The van der Waals surface area contributed by atoms with Crippen molar-refractivity contribution < 1.29 is 14.3 Å². The van der Waals surface area contributed by atoms with Gasteiger partial charge in [0.2, 0.25) is 0 Å². The number of Topliss-reactive ketones (excluding diaryl/α,β-unsaturated/α-hetero) is 1. The van der Waals surface area contributed by atoms with Crippen molar-refractivity contribution >= 4 is 23.2 Å². The second-order valence-corrected chi connectivity index (χ2v) is 11.8. The van der Waals surface area contributed by atoms with Gasteiger partial charge in [0.1, 0.15) is 11.4 Å². The lowest BCUT2D eigenvalue weighted by Gasteiger charge is -2.56. The first-order valence-corrected chi connectivity index (χ1v) is 11.2. The van der Waals surface area contributed by atoms with Crippen molar-refractivity contribution in [1.82, 2.24) is 0 Å². The predicted molar refractivity (Wildman–Crippen MR) is 101 cm³/mol. The fourth-order valence-corrected chi connectivity index (χ4v) is 9.22. The molecule has 1 heterocycles. The van der Waals surface area contributed by atoms with Gasteiger partial charge in [-0.1, -0.05) is 36.8 Å². The number of ether oxygens (including phenoxy) is 1. The van der Waals surface area contributed by atoms with Crippen LogP contribution in [0.25, 0.3) is 0 Å². The van der Waals surface area contributed by atoms with Crippen LogP contribution in [0.2, 0.25) is 0 Å². The van der Waals surface area contributed by atoms with Crippen LogP contribution in [0.4, 0.5) is 0 Å². The van der Waals surface area contributed by atoms with Crippen LogP contribution in [0.15, 0.2) is 11.1 Å². The van der Waals surface area contributed by atoms with E-state index in [0.29, 0.717) is 36.1 Å². The smallest absolute Gasteiger partial charge is 0.176 e. The Kier molecular flexibility index (Phi) is 2.84. The van der Waals surface area contributed by atoms with Crippen LogP contribution in [-0.4, -0.2) is 27.9 Å². The monoisotopic (exact) mass is 372 g/mol. The fraction of sp³-hybridized carbons (Fsp3) is 0.818. The number of allylic oxidation sites excluding steroid dienone is 1.